The van der Waals surface area contributed by atoms with E-state index < -0.39 is 0 Å². The molecule has 0 aliphatic rings. The first-order chi connectivity index (χ1) is 8.56. The number of methoxy groups -OCH3 is 1. The molecule has 0 atom stereocenters. The number of rotatable bonds is 7. The predicted molar refractivity (Wildman–Crippen MR) is 74.0 cm³/mol. The molecule has 4 nitrogen and oxygen atoms in total. The third-order valence-electron chi connectivity index (χ3n) is 2.99. The largest absolute Gasteiger partial charge is 0.383 e. The van der Waals surface area contributed by atoms with E-state index in [1.807, 2.05) is 0 Å². The molecule has 0 bridgehead atoms. The SMILES string of the molecule is COCCNCCc1c(C)nc(C(C)C)nc1C. The van der Waals surface area contributed by atoms with Gasteiger partial charge in [-0.15, -0.1) is 0 Å². The van der Waals surface area contributed by atoms with Crippen LogP contribution in [0.3, 0.4) is 0 Å². The number of aromatic nitrogens is 2. The van der Waals surface area contributed by atoms with E-state index in [-0.39, 0.29) is 0 Å². The average molecular weight is 251 g/mol. The summed E-state index contributed by atoms with van der Waals surface area (Å²) in [4.78, 5) is 9.17. The van der Waals surface area contributed by atoms with Crippen molar-refractivity contribution in [2.75, 3.05) is 26.8 Å². The van der Waals surface area contributed by atoms with Crippen LogP contribution in [0.25, 0.3) is 0 Å². The lowest BCUT2D eigenvalue weighted by Crippen LogP contribution is -2.22. The molecular formula is C14H25N3O. The van der Waals surface area contributed by atoms with Crippen LogP contribution in [0.5, 0.6) is 0 Å². The molecule has 0 saturated carbocycles. The molecule has 1 aromatic heterocycles. The maximum Gasteiger partial charge on any atom is 0.131 e. The summed E-state index contributed by atoms with van der Waals surface area (Å²) in [5.74, 6) is 1.33. The zero-order valence-electron chi connectivity index (χ0n) is 12.2. The molecule has 0 radical (unpaired) electrons. The van der Waals surface area contributed by atoms with Crippen molar-refractivity contribution < 1.29 is 4.74 Å². The maximum atomic E-state index is 5.00. The second kappa shape index (κ2) is 7.44. The monoisotopic (exact) mass is 251 g/mol. The lowest BCUT2D eigenvalue weighted by Gasteiger charge is -2.12. The lowest BCUT2D eigenvalue weighted by atomic mass is 10.1. The Labute approximate surface area is 110 Å². The van der Waals surface area contributed by atoms with E-state index in [1.165, 1.54) is 5.56 Å². The Kier molecular flexibility index (Phi) is 6.22. The molecule has 102 valence electrons. The van der Waals surface area contributed by atoms with Crippen LogP contribution in [-0.2, 0) is 11.2 Å². The van der Waals surface area contributed by atoms with Crippen LogP contribution in [-0.4, -0.2) is 36.8 Å². The van der Waals surface area contributed by atoms with Crippen molar-refractivity contribution in [3.8, 4) is 0 Å². The van der Waals surface area contributed by atoms with Gasteiger partial charge in [-0.3, -0.25) is 0 Å². The van der Waals surface area contributed by atoms with Crippen LogP contribution < -0.4 is 5.32 Å². The minimum Gasteiger partial charge on any atom is -0.383 e. The molecule has 4 heteroatoms. The fourth-order valence-corrected chi connectivity index (χ4v) is 1.90. The lowest BCUT2D eigenvalue weighted by molar-refractivity contribution is 0.199. The van der Waals surface area contributed by atoms with Crippen LogP contribution in [0.2, 0.25) is 0 Å². The third kappa shape index (κ3) is 4.35. The third-order valence-corrected chi connectivity index (χ3v) is 2.99. The van der Waals surface area contributed by atoms with Crippen molar-refractivity contribution in [1.29, 1.82) is 0 Å². The second-order valence-electron chi connectivity index (χ2n) is 4.88. The summed E-state index contributed by atoms with van der Waals surface area (Å²) < 4.78 is 5.00. The quantitative estimate of drug-likeness (QED) is 0.753. The van der Waals surface area contributed by atoms with Crippen LogP contribution in [0.1, 0.15) is 42.5 Å². The van der Waals surface area contributed by atoms with Gasteiger partial charge in [0.15, 0.2) is 0 Å². The molecule has 0 fully saturated rings. The molecule has 1 N–H and O–H groups in total. The first-order valence-corrected chi connectivity index (χ1v) is 6.60. The van der Waals surface area contributed by atoms with Gasteiger partial charge in [0.1, 0.15) is 5.82 Å². The highest BCUT2D eigenvalue weighted by atomic mass is 16.5. The fourth-order valence-electron chi connectivity index (χ4n) is 1.90. The molecule has 0 amide bonds. The molecule has 0 spiro atoms. The minimum absolute atomic E-state index is 0.385. The normalized spacial score (nSPS) is 11.2. The predicted octanol–water partition coefficient (Wildman–Crippen LogP) is 2.00. The van der Waals surface area contributed by atoms with Gasteiger partial charge in [-0.1, -0.05) is 13.8 Å². The van der Waals surface area contributed by atoms with Gasteiger partial charge < -0.3 is 10.1 Å². The Bertz CT molecular complexity index is 354. The summed E-state index contributed by atoms with van der Waals surface area (Å²) in [6, 6.07) is 0. The standard InChI is InChI=1S/C14H25N3O/c1-10(2)14-16-11(3)13(12(4)17-14)6-7-15-8-9-18-5/h10,15H,6-9H2,1-5H3. The topological polar surface area (TPSA) is 47.0 Å². The molecule has 0 unspecified atom stereocenters. The van der Waals surface area contributed by atoms with Gasteiger partial charge in [-0.2, -0.15) is 0 Å². The van der Waals surface area contributed by atoms with Gasteiger partial charge >= 0.3 is 0 Å². The minimum atomic E-state index is 0.385. The van der Waals surface area contributed by atoms with Crippen molar-refractivity contribution in [2.45, 2.75) is 40.0 Å². The van der Waals surface area contributed by atoms with E-state index in [4.69, 9.17) is 4.74 Å². The Hall–Kier alpha value is -1.00. The molecule has 0 aliphatic heterocycles. The number of aryl methyl sites for hydroxylation is 2. The van der Waals surface area contributed by atoms with Crippen molar-refractivity contribution in [3.05, 3.63) is 22.8 Å². The van der Waals surface area contributed by atoms with Crippen molar-refractivity contribution in [1.82, 2.24) is 15.3 Å². The van der Waals surface area contributed by atoms with Gasteiger partial charge in [0.2, 0.25) is 0 Å². The van der Waals surface area contributed by atoms with E-state index >= 15 is 0 Å². The second-order valence-corrected chi connectivity index (χ2v) is 4.88. The molecule has 1 aromatic rings. The Morgan fingerprint density at radius 1 is 1.11 bits per heavy atom. The number of nitrogens with zero attached hydrogens (tertiary/aromatic N) is 2. The number of nitrogens with one attached hydrogen (secondary N) is 1. The molecular weight excluding hydrogens is 226 g/mol. The van der Waals surface area contributed by atoms with E-state index in [0.717, 1.165) is 43.3 Å². The van der Waals surface area contributed by atoms with Crippen LogP contribution in [0, 0.1) is 13.8 Å². The summed E-state index contributed by atoms with van der Waals surface area (Å²) >= 11 is 0. The molecule has 0 aliphatic carbocycles. The first-order valence-electron chi connectivity index (χ1n) is 6.60. The van der Waals surface area contributed by atoms with Crippen molar-refractivity contribution >= 4 is 0 Å². The highest BCUT2D eigenvalue weighted by molar-refractivity contribution is 5.25. The van der Waals surface area contributed by atoms with E-state index in [0.29, 0.717) is 5.92 Å². The van der Waals surface area contributed by atoms with E-state index in [2.05, 4.69) is 43.0 Å². The van der Waals surface area contributed by atoms with E-state index in [9.17, 15) is 0 Å². The van der Waals surface area contributed by atoms with Gasteiger partial charge in [-0.25, -0.2) is 9.97 Å². The van der Waals surface area contributed by atoms with Crippen LogP contribution in [0.15, 0.2) is 0 Å². The summed E-state index contributed by atoms with van der Waals surface area (Å²) in [5.41, 5.74) is 3.49. The summed E-state index contributed by atoms with van der Waals surface area (Å²) in [5, 5.41) is 3.35. The summed E-state index contributed by atoms with van der Waals surface area (Å²) in [6.45, 7) is 11.0. The number of hydrogen-bond acceptors (Lipinski definition) is 4. The molecule has 0 saturated heterocycles. The average Bonchev–Trinajstić information content (AvgIpc) is 2.31. The number of hydrogen-bond donors (Lipinski definition) is 1. The molecule has 18 heavy (non-hydrogen) atoms. The zero-order valence-corrected chi connectivity index (χ0v) is 12.2. The summed E-state index contributed by atoms with van der Waals surface area (Å²) in [6.07, 6.45) is 0.972. The molecule has 1 heterocycles. The highest BCUT2D eigenvalue weighted by Crippen LogP contribution is 2.15. The smallest absolute Gasteiger partial charge is 0.131 e. The Balaban J connectivity index is 2.60. The van der Waals surface area contributed by atoms with E-state index in [1.54, 1.807) is 7.11 Å². The van der Waals surface area contributed by atoms with Gasteiger partial charge in [-0.05, 0) is 32.4 Å². The van der Waals surface area contributed by atoms with Gasteiger partial charge in [0.25, 0.3) is 0 Å². The number of ether oxygens (including phenoxy) is 1. The maximum absolute atomic E-state index is 5.00. The van der Waals surface area contributed by atoms with Crippen molar-refractivity contribution in [3.63, 3.8) is 0 Å². The van der Waals surface area contributed by atoms with Crippen LogP contribution >= 0.6 is 0 Å². The van der Waals surface area contributed by atoms with Crippen molar-refractivity contribution in [2.24, 2.45) is 0 Å². The highest BCUT2D eigenvalue weighted by Gasteiger charge is 2.10. The Morgan fingerprint density at radius 2 is 1.72 bits per heavy atom. The van der Waals surface area contributed by atoms with Gasteiger partial charge in [0, 0.05) is 31.0 Å². The fraction of sp³-hybridized carbons (Fsp3) is 0.714. The Morgan fingerprint density at radius 3 is 2.22 bits per heavy atom. The molecule has 1 rings (SSSR count). The van der Waals surface area contributed by atoms with Crippen LogP contribution in [0.4, 0.5) is 0 Å². The first kappa shape index (κ1) is 15.1. The summed E-state index contributed by atoms with van der Waals surface area (Å²) in [7, 11) is 1.72. The zero-order chi connectivity index (χ0) is 13.5. The van der Waals surface area contributed by atoms with Gasteiger partial charge in [0.05, 0.1) is 6.61 Å². The molecule has 0 aromatic carbocycles.